The van der Waals surface area contributed by atoms with Crippen molar-refractivity contribution in [1.82, 2.24) is 9.88 Å². The van der Waals surface area contributed by atoms with Crippen molar-refractivity contribution < 1.29 is 23.9 Å². The molecule has 1 aromatic heterocycles. The molecule has 0 saturated heterocycles. The van der Waals surface area contributed by atoms with Crippen LogP contribution in [0.5, 0.6) is 0 Å². The summed E-state index contributed by atoms with van der Waals surface area (Å²) < 4.78 is 15.1. The number of nitrogens with zero attached hydrogens (tertiary/aromatic N) is 1. The lowest BCUT2D eigenvalue weighted by molar-refractivity contribution is -0.125. The fraction of sp³-hybridized carbons (Fsp3) is 0.458. The first-order valence-corrected chi connectivity index (χ1v) is 10.8. The number of anilines is 1. The number of hydrogen-bond donors (Lipinski definition) is 3. The molecule has 4 rings (SSSR count). The van der Waals surface area contributed by atoms with Crippen LogP contribution in [0.25, 0.3) is 0 Å². The van der Waals surface area contributed by atoms with Crippen LogP contribution in [-0.2, 0) is 11.8 Å². The highest BCUT2D eigenvalue weighted by molar-refractivity contribution is 6.43. The van der Waals surface area contributed by atoms with E-state index in [-0.39, 0.29) is 29.1 Å². The van der Waals surface area contributed by atoms with Crippen LogP contribution >= 0.6 is 0 Å². The first-order chi connectivity index (χ1) is 15.0. The SMILES string of the molecule is Cc1cc(NC(=O)c2c(C)c(C(=O)C(=O)NC3CC4(CC(O)C4)C3)n(C)c2C)ccc1F. The number of carbonyl (C=O) groups excluding carboxylic acids is 3. The molecule has 7 nitrogen and oxygen atoms in total. The molecule has 2 aliphatic carbocycles. The van der Waals surface area contributed by atoms with E-state index in [1.807, 2.05) is 0 Å². The molecule has 2 saturated carbocycles. The molecule has 170 valence electrons. The van der Waals surface area contributed by atoms with E-state index in [0.29, 0.717) is 28.1 Å². The number of carbonyl (C=O) groups is 3. The van der Waals surface area contributed by atoms with Gasteiger partial charge >= 0.3 is 0 Å². The van der Waals surface area contributed by atoms with Gasteiger partial charge in [0.05, 0.1) is 17.4 Å². The average Bonchev–Trinajstić information content (AvgIpc) is 2.90. The molecule has 8 heteroatoms. The lowest BCUT2D eigenvalue weighted by atomic mass is 9.53. The number of aliphatic hydroxyl groups excluding tert-OH is 1. The maximum absolute atomic E-state index is 13.5. The minimum Gasteiger partial charge on any atom is -0.393 e. The maximum Gasteiger partial charge on any atom is 0.294 e. The van der Waals surface area contributed by atoms with Gasteiger partial charge in [0.2, 0.25) is 0 Å². The predicted octanol–water partition coefficient (Wildman–Crippen LogP) is 2.94. The molecule has 2 amide bonds. The fourth-order valence-corrected chi connectivity index (χ4v) is 5.27. The Hall–Kier alpha value is -3.00. The first-order valence-electron chi connectivity index (χ1n) is 10.8. The molecule has 0 atom stereocenters. The number of aryl methyl sites for hydroxylation is 1. The Balaban J connectivity index is 1.48. The molecule has 2 aliphatic rings. The van der Waals surface area contributed by atoms with Crippen molar-refractivity contribution >= 4 is 23.3 Å². The topological polar surface area (TPSA) is 100 Å². The fourth-order valence-electron chi connectivity index (χ4n) is 5.27. The van der Waals surface area contributed by atoms with Crippen molar-refractivity contribution in [3.8, 4) is 0 Å². The van der Waals surface area contributed by atoms with Crippen LogP contribution in [0.3, 0.4) is 0 Å². The number of Topliss-reactive ketones (excluding diaryl/α,β-unsaturated/α-hetero) is 1. The smallest absolute Gasteiger partial charge is 0.294 e. The molecular formula is C24H28FN3O4. The number of nitrogens with one attached hydrogen (secondary N) is 2. The normalized spacial score (nSPS) is 23.9. The van der Waals surface area contributed by atoms with Gasteiger partial charge in [-0.15, -0.1) is 0 Å². The second-order valence-electron chi connectivity index (χ2n) is 9.38. The molecule has 1 spiro atoms. The third-order valence-electron chi connectivity index (χ3n) is 7.03. The highest BCUT2D eigenvalue weighted by Gasteiger charge is 2.53. The summed E-state index contributed by atoms with van der Waals surface area (Å²) in [6.07, 6.45) is 2.83. The molecule has 0 unspecified atom stereocenters. The largest absolute Gasteiger partial charge is 0.393 e. The van der Waals surface area contributed by atoms with Crippen LogP contribution in [0.2, 0.25) is 0 Å². The minimum absolute atomic E-state index is 0.0647. The zero-order chi connectivity index (χ0) is 23.4. The number of halogens is 1. The van der Waals surface area contributed by atoms with Gasteiger partial charge in [0.25, 0.3) is 17.6 Å². The monoisotopic (exact) mass is 441 g/mol. The Morgan fingerprint density at radius 3 is 2.38 bits per heavy atom. The number of amides is 2. The molecule has 32 heavy (non-hydrogen) atoms. The highest BCUT2D eigenvalue weighted by atomic mass is 19.1. The molecule has 0 aliphatic heterocycles. The first kappa shape index (κ1) is 22.2. The number of aromatic nitrogens is 1. The molecule has 0 bridgehead atoms. The number of aliphatic hydroxyl groups is 1. The molecule has 3 N–H and O–H groups in total. The quantitative estimate of drug-likeness (QED) is 0.491. The van der Waals surface area contributed by atoms with Crippen molar-refractivity contribution in [3.05, 3.63) is 52.1 Å². The second-order valence-corrected chi connectivity index (χ2v) is 9.38. The van der Waals surface area contributed by atoms with E-state index in [4.69, 9.17) is 0 Å². The summed E-state index contributed by atoms with van der Waals surface area (Å²) in [5.74, 6) is -2.15. The van der Waals surface area contributed by atoms with Gasteiger partial charge in [-0.25, -0.2) is 4.39 Å². The summed E-state index contributed by atoms with van der Waals surface area (Å²) in [6.45, 7) is 4.97. The molecule has 1 heterocycles. The standard InChI is InChI=1S/C24H28FN3O4/c1-12-7-15(5-6-18(12)25)26-22(31)19-13(2)20(28(4)14(19)3)21(30)23(32)27-16-8-24(9-16)10-17(29)11-24/h5-7,16-17,29H,8-11H2,1-4H3,(H,26,31)(H,27,32). The Morgan fingerprint density at radius 2 is 1.78 bits per heavy atom. The van der Waals surface area contributed by atoms with E-state index in [2.05, 4.69) is 10.6 Å². The number of rotatable bonds is 5. The van der Waals surface area contributed by atoms with Crippen molar-refractivity contribution in [1.29, 1.82) is 0 Å². The summed E-state index contributed by atoms with van der Waals surface area (Å²) >= 11 is 0. The minimum atomic E-state index is -0.686. The van der Waals surface area contributed by atoms with Crippen molar-refractivity contribution in [2.75, 3.05) is 5.32 Å². The number of hydrogen-bond acceptors (Lipinski definition) is 4. The van der Waals surface area contributed by atoms with E-state index >= 15 is 0 Å². The van der Waals surface area contributed by atoms with Crippen LogP contribution in [-0.4, -0.2) is 39.4 Å². The van der Waals surface area contributed by atoms with Gasteiger partial charge in [-0.3, -0.25) is 14.4 Å². The molecule has 2 fully saturated rings. The van der Waals surface area contributed by atoms with Crippen LogP contribution in [0.4, 0.5) is 10.1 Å². The summed E-state index contributed by atoms with van der Waals surface area (Å²) in [6, 6.07) is 4.22. The van der Waals surface area contributed by atoms with Gasteiger partial charge in [0, 0.05) is 24.5 Å². The Labute approximate surface area is 186 Å². The van der Waals surface area contributed by atoms with Gasteiger partial charge in [-0.1, -0.05) is 0 Å². The summed E-state index contributed by atoms with van der Waals surface area (Å²) in [5.41, 5.74) is 2.45. The van der Waals surface area contributed by atoms with Crippen molar-refractivity contribution in [2.45, 2.75) is 58.6 Å². The summed E-state index contributed by atoms with van der Waals surface area (Å²) in [7, 11) is 1.65. The van der Waals surface area contributed by atoms with Gasteiger partial charge in [0.15, 0.2) is 0 Å². The molecular weight excluding hydrogens is 413 g/mol. The van der Waals surface area contributed by atoms with Crippen LogP contribution < -0.4 is 10.6 Å². The Morgan fingerprint density at radius 1 is 1.12 bits per heavy atom. The van der Waals surface area contributed by atoms with Gasteiger partial charge < -0.3 is 20.3 Å². The zero-order valence-corrected chi connectivity index (χ0v) is 18.7. The van der Waals surface area contributed by atoms with E-state index in [1.165, 1.54) is 18.2 Å². The summed E-state index contributed by atoms with van der Waals surface area (Å²) in [5, 5.41) is 15.1. The van der Waals surface area contributed by atoms with E-state index in [0.717, 1.165) is 25.7 Å². The van der Waals surface area contributed by atoms with Crippen LogP contribution in [0.1, 0.15) is 63.4 Å². The van der Waals surface area contributed by atoms with Crippen molar-refractivity contribution in [2.24, 2.45) is 12.5 Å². The van der Waals surface area contributed by atoms with Gasteiger partial charge in [-0.2, -0.15) is 0 Å². The van der Waals surface area contributed by atoms with E-state index < -0.39 is 17.6 Å². The van der Waals surface area contributed by atoms with E-state index in [1.54, 1.807) is 32.4 Å². The predicted molar refractivity (Wildman–Crippen MR) is 117 cm³/mol. The lowest BCUT2D eigenvalue weighted by Crippen LogP contribution is -2.58. The number of benzene rings is 1. The third-order valence-corrected chi connectivity index (χ3v) is 7.03. The molecule has 2 aromatic rings. The number of ketones is 1. The second kappa shape index (κ2) is 7.85. The van der Waals surface area contributed by atoms with Crippen LogP contribution in [0.15, 0.2) is 18.2 Å². The highest BCUT2D eigenvalue weighted by Crippen LogP contribution is 2.55. The lowest BCUT2D eigenvalue weighted by Gasteiger charge is -2.56. The Kier molecular flexibility index (Phi) is 5.45. The third kappa shape index (κ3) is 3.72. The van der Waals surface area contributed by atoms with Crippen molar-refractivity contribution in [3.63, 3.8) is 0 Å². The van der Waals surface area contributed by atoms with E-state index in [9.17, 15) is 23.9 Å². The zero-order valence-electron chi connectivity index (χ0n) is 18.7. The van der Waals surface area contributed by atoms with Gasteiger partial charge in [0.1, 0.15) is 5.82 Å². The van der Waals surface area contributed by atoms with Gasteiger partial charge in [-0.05, 0) is 81.2 Å². The summed E-state index contributed by atoms with van der Waals surface area (Å²) in [4.78, 5) is 38.5. The van der Waals surface area contributed by atoms with Crippen LogP contribution in [0, 0.1) is 32.0 Å². The Bertz CT molecular complexity index is 1120. The average molecular weight is 442 g/mol. The maximum atomic E-state index is 13.5. The molecule has 1 aromatic carbocycles. The molecule has 0 radical (unpaired) electrons.